The van der Waals surface area contributed by atoms with Crippen molar-refractivity contribution in [1.29, 1.82) is 21.0 Å². The van der Waals surface area contributed by atoms with Crippen molar-refractivity contribution in [2.45, 2.75) is 13.1 Å². The lowest BCUT2D eigenvalue weighted by Crippen LogP contribution is -2.10. The van der Waals surface area contributed by atoms with Crippen LogP contribution in [0.5, 0.6) is 0 Å². The molecule has 0 aliphatic heterocycles. The molecule has 228 valence electrons. The van der Waals surface area contributed by atoms with E-state index in [4.69, 9.17) is 26.3 Å². The molecule has 0 heterocycles. The third kappa shape index (κ3) is 4.66. The minimum Gasteiger partial charge on any atom is -0.238 e. The SMILES string of the molecule is [C-]#[N+]C1=C(c2ccc([N+]#[C-])cc2C)/C(=C(/C#N)[N+]#[C-])c2c(F)c3c(c(F)c21)C(C#N)=C(c1ccc(C#N)cc1C(F)(F)F)/C3=C(\C#N)[N+]#[C-]. The zero-order valence-corrected chi connectivity index (χ0v) is 24.4. The molecule has 2 aliphatic carbocycles. The zero-order chi connectivity index (χ0) is 35.9. The van der Waals surface area contributed by atoms with Crippen molar-refractivity contribution < 1.29 is 22.0 Å². The topological polar surface area (TPSA) is 113 Å². The fourth-order valence-electron chi connectivity index (χ4n) is 5.93. The molecule has 0 spiro atoms. The molecule has 8 nitrogen and oxygen atoms in total. The number of nitriles is 4. The Labute approximate surface area is 274 Å². The lowest BCUT2D eigenvalue weighted by atomic mass is 9.88. The minimum absolute atomic E-state index is 0.124. The lowest BCUT2D eigenvalue weighted by Gasteiger charge is -2.17. The summed E-state index contributed by atoms with van der Waals surface area (Å²) in [6.45, 7) is 32.0. The minimum atomic E-state index is -5.19. The van der Waals surface area contributed by atoms with Gasteiger partial charge in [0.1, 0.15) is 17.7 Å². The second-order valence-corrected chi connectivity index (χ2v) is 10.2. The third-order valence-corrected chi connectivity index (χ3v) is 7.82. The first-order chi connectivity index (χ1) is 23.4. The number of hydrogen-bond acceptors (Lipinski definition) is 4. The molecule has 3 aromatic rings. The van der Waals surface area contributed by atoms with Gasteiger partial charge in [0, 0.05) is 27.8 Å². The van der Waals surface area contributed by atoms with Crippen molar-refractivity contribution in [3.63, 3.8) is 0 Å². The van der Waals surface area contributed by atoms with Crippen molar-refractivity contribution in [3.05, 3.63) is 155 Å². The summed E-state index contributed by atoms with van der Waals surface area (Å²) in [7, 11) is 0. The quantitative estimate of drug-likeness (QED) is 0.157. The van der Waals surface area contributed by atoms with Crippen molar-refractivity contribution in [2.75, 3.05) is 0 Å². The van der Waals surface area contributed by atoms with Gasteiger partial charge in [0.25, 0.3) is 11.4 Å². The molecule has 0 fully saturated rings. The number of rotatable bonds is 2. The summed E-state index contributed by atoms with van der Waals surface area (Å²) in [5, 5.41) is 39.4. The predicted octanol–water partition coefficient (Wildman–Crippen LogP) is 9.27. The van der Waals surface area contributed by atoms with Gasteiger partial charge in [0.2, 0.25) is 5.70 Å². The first-order valence-corrected chi connectivity index (χ1v) is 13.4. The van der Waals surface area contributed by atoms with Crippen LogP contribution in [-0.4, -0.2) is 0 Å². The van der Waals surface area contributed by atoms with Crippen LogP contribution in [0.4, 0.5) is 27.6 Å². The van der Waals surface area contributed by atoms with E-state index in [1.807, 2.05) is 0 Å². The molecule has 0 saturated carbocycles. The highest BCUT2D eigenvalue weighted by atomic mass is 19.4. The molecule has 0 saturated heterocycles. The van der Waals surface area contributed by atoms with Crippen molar-refractivity contribution >= 4 is 39.2 Å². The molecule has 0 bridgehead atoms. The highest BCUT2D eigenvalue weighted by molar-refractivity contribution is 6.29. The van der Waals surface area contributed by atoms with Crippen LogP contribution in [0.25, 0.3) is 52.9 Å². The van der Waals surface area contributed by atoms with Crippen LogP contribution in [0.15, 0.2) is 47.8 Å². The van der Waals surface area contributed by atoms with Crippen LogP contribution in [-0.2, 0) is 6.18 Å². The number of nitrogens with zero attached hydrogens (tertiary/aromatic N) is 8. The number of fused-ring (bicyclic) bond motifs is 2. The van der Waals surface area contributed by atoms with Gasteiger partial charge in [-0.1, -0.05) is 29.8 Å². The van der Waals surface area contributed by atoms with E-state index in [0.29, 0.717) is 11.6 Å². The molecule has 3 aromatic carbocycles. The van der Waals surface area contributed by atoms with Crippen LogP contribution >= 0.6 is 0 Å². The Morgan fingerprint density at radius 3 is 1.76 bits per heavy atom. The Bertz CT molecular complexity index is 2560. The Balaban J connectivity index is 2.06. The second-order valence-electron chi connectivity index (χ2n) is 10.2. The normalized spacial score (nSPS) is 14.9. The molecule has 0 unspecified atom stereocenters. The largest absolute Gasteiger partial charge is 0.417 e. The highest BCUT2D eigenvalue weighted by Gasteiger charge is 2.45. The summed E-state index contributed by atoms with van der Waals surface area (Å²) in [6.07, 6.45) is -5.19. The van der Waals surface area contributed by atoms with Gasteiger partial charge in [0.05, 0.1) is 61.2 Å². The van der Waals surface area contributed by atoms with Crippen LogP contribution in [0.3, 0.4) is 0 Å². The van der Waals surface area contributed by atoms with Crippen molar-refractivity contribution in [2.24, 2.45) is 0 Å². The molecule has 5 rings (SSSR count). The number of halogens is 5. The average Bonchev–Trinajstić information content (AvgIpc) is 3.62. The maximum absolute atomic E-state index is 17.3. The Kier molecular flexibility index (Phi) is 7.88. The average molecular weight is 649 g/mol. The van der Waals surface area contributed by atoms with E-state index in [1.165, 1.54) is 31.2 Å². The molecular formula is C36H9F5N8. The fourth-order valence-corrected chi connectivity index (χ4v) is 5.93. The van der Waals surface area contributed by atoms with Gasteiger partial charge in [-0.05, 0) is 46.9 Å². The van der Waals surface area contributed by atoms with Gasteiger partial charge in [-0.2, -0.15) is 23.7 Å². The lowest BCUT2D eigenvalue weighted by molar-refractivity contribution is -0.137. The van der Waals surface area contributed by atoms with Crippen molar-refractivity contribution in [3.8, 4) is 24.3 Å². The van der Waals surface area contributed by atoms with Gasteiger partial charge in [-0.3, -0.25) is 0 Å². The maximum Gasteiger partial charge on any atom is 0.417 e. The number of aryl methyl sites for hydroxylation is 1. The molecule has 0 aromatic heterocycles. The molecule has 0 atom stereocenters. The summed E-state index contributed by atoms with van der Waals surface area (Å²) in [6, 6.07) is 12.5. The van der Waals surface area contributed by atoms with E-state index in [1.54, 1.807) is 18.2 Å². The van der Waals surface area contributed by atoms with E-state index < -0.39 is 96.1 Å². The van der Waals surface area contributed by atoms with Gasteiger partial charge >= 0.3 is 6.18 Å². The number of allylic oxidation sites excluding steroid dienone is 7. The zero-order valence-electron chi connectivity index (χ0n) is 24.4. The molecule has 49 heavy (non-hydrogen) atoms. The molecular weight excluding hydrogens is 639 g/mol. The summed E-state index contributed by atoms with van der Waals surface area (Å²) in [5.41, 5.74) is -11.5. The fraction of sp³-hybridized carbons (Fsp3) is 0.0556. The Morgan fingerprint density at radius 2 is 1.27 bits per heavy atom. The first-order valence-electron chi connectivity index (χ1n) is 13.4. The van der Waals surface area contributed by atoms with Gasteiger partial charge in [-0.25, -0.2) is 38.7 Å². The first kappa shape index (κ1) is 32.6. The second kappa shape index (κ2) is 11.8. The summed E-state index contributed by atoms with van der Waals surface area (Å²) < 4.78 is 77.5. The maximum atomic E-state index is 17.3. The summed E-state index contributed by atoms with van der Waals surface area (Å²) in [5.74, 6) is -3.00. The van der Waals surface area contributed by atoms with Crippen LogP contribution in [0.1, 0.15) is 50.1 Å². The van der Waals surface area contributed by atoms with E-state index in [0.717, 1.165) is 12.1 Å². The molecule has 2 aliphatic rings. The molecule has 0 radical (unpaired) electrons. The predicted molar refractivity (Wildman–Crippen MR) is 164 cm³/mol. The monoisotopic (exact) mass is 648 g/mol. The van der Waals surface area contributed by atoms with Crippen LogP contribution in [0.2, 0.25) is 0 Å². The van der Waals surface area contributed by atoms with E-state index in [-0.39, 0.29) is 16.8 Å². The number of benzene rings is 3. The van der Waals surface area contributed by atoms with Crippen LogP contribution < -0.4 is 0 Å². The highest BCUT2D eigenvalue weighted by Crippen LogP contribution is 2.58. The van der Waals surface area contributed by atoms with E-state index in [9.17, 15) is 34.2 Å². The number of alkyl halides is 3. The van der Waals surface area contributed by atoms with Crippen LogP contribution in [0, 0.1) is 90.2 Å². The van der Waals surface area contributed by atoms with Gasteiger partial charge in [-0.15, -0.1) is 0 Å². The van der Waals surface area contributed by atoms with Gasteiger partial charge < -0.3 is 0 Å². The third-order valence-electron chi connectivity index (χ3n) is 7.82. The molecule has 0 amide bonds. The summed E-state index contributed by atoms with van der Waals surface area (Å²) >= 11 is 0. The van der Waals surface area contributed by atoms with Crippen molar-refractivity contribution in [1.82, 2.24) is 0 Å². The standard InChI is InChI=1S/C36H9F5N8/c1-16-10-18(46-2)7-9-19(16)27-29(24(15-45)48-4)31-32(35(27)49-5)33(37)26-21(13-43)25(28(23(14-44)47-3)30(26)34(31)38)20-8-6-17(12-42)11-22(20)36(39,40)41/h6-11H,1H3/b28-23-,29-24+. The smallest absolute Gasteiger partial charge is 0.238 e. The number of hydrogen-bond donors (Lipinski definition) is 0. The Morgan fingerprint density at radius 1 is 0.694 bits per heavy atom. The molecule has 0 N–H and O–H groups in total. The van der Waals surface area contributed by atoms with E-state index >= 15 is 8.78 Å². The van der Waals surface area contributed by atoms with E-state index in [2.05, 4.69) is 19.4 Å². The Hall–Kier alpha value is -7.81. The molecule has 13 heteroatoms. The summed E-state index contributed by atoms with van der Waals surface area (Å²) in [4.78, 5) is 12.9. The van der Waals surface area contributed by atoms with Gasteiger partial charge in [0.15, 0.2) is 5.69 Å².